The molecule has 0 amide bonds. The summed E-state index contributed by atoms with van der Waals surface area (Å²) in [5, 5.41) is 6.32. The van der Waals surface area contributed by atoms with Gasteiger partial charge in [-0.15, -0.1) is 0 Å². The van der Waals surface area contributed by atoms with Gasteiger partial charge >= 0.3 is 0 Å². The summed E-state index contributed by atoms with van der Waals surface area (Å²) in [6.45, 7) is 0. The van der Waals surface area contributed by atoms with Gasteiger partial charge in [0.05, 0.1) is 16.6 Å². The first-order valence-electron chi connectivity index (χ1n) is 13.0. The molecule has 0 fully saturated rings. The van der Waals surface area contributed by atoms with Crippen LogP contribution in [0.3, 0.4) is 0 Å². The zero-order valence-electron chi connectivity index (χ0n) is 20.8. The van der Waals surface area contributed by atoms with E-state index in [1.807, 2.05) is 0 Å². The summed E-state index contributed by atoms with van der Waals surface area (Å²) >= 11 is 0. The highest BCUT2D eigenvalue weighted by Gasteiger charge is 2.18. The van der Waals surface area contributed by atoms with Gasteiger partial charge in [0.25, 0.3) is 0 Å². The van der Waals surface area contributed by atoms with E-state index in [-0.39, 0.29) is 0 Å². The summed E-state index contributed by atoms with van der Waals surface area (Å²) in [7, 11) is 0. The Morgan fingerprint density at radius 1 is 0.421 bits per heavy atom. The first-order chi connectivity index (χ1) is 18.9. The number of para-hydroxylation sites is 3. The van der Waals surface area contributed by atoms with Crippen molar-refractivity contribution in [1.82, 2.24) is 9.13 Å². The fourth-order valence-electron chi connectivity index (χ4n) is 6.03. The first-order valence-corrected chi connectivity index (χ1v) is 13.0. The summed E-state index contributed by atoms with van der Waals surface area (Å²) < 4.78 is 4.67. The third-order valence-electron chi connectivity index (χ3n) is 7.72. The van der Waals surface area contributed by atoms with Gasteiger partial charge in [-0.3, -0.25) is 0 Å². The quantitative estimate of drug-likeness (QED) is 0.236. The summed E-state index contributed by atoms with van der Waals surface area (Å²) in [4.78, 5) is 0. The van der Waals surface area contributed by atoms with Gasteiger partial charge in [0, 0.05) is 39.1 Å². The molecule has 0 unspecified atom stereocenters. The van der Waals surface area contributed by atoms with Gasteiger partial charge in [0.1, 0.15) is 0 Å². The third-order valence-corrected chi connectivity index (χ3v) is 7.72. The maximum absolute atomic E-state index is 2.42. The molecule has 8 aromatic rings. The minimum atomic E-state index is 1.18. The van der Waals surface area contributed by atoms with Gasteiger partial charge in [0.2, 0.25) is 0 Å². The zero-order chi connectivity index (χ0) is 25.1. The molecule has 0 atom stereocenters. The predicted octanol–water partition coefficient (Wildman–Crippen LogP) is 9.55. The molecule has 0 bridgehead atoms. The van der Waals surface area contributed by atoms with Crippen LogP contribution in [-0.2, 0) is 0 Å². The van der Waals surface area contributed by atoms with Crippen molar-refractivity contribution in [3.8, 4) is 22.5 Å². The van der Waals surface area contributed by atoms with Crippen LogP contribution in [0.4, 0.5) is 0 Å². The van der Waals surface area contributed by atoms with Crippen LogP contribution < -0.4 is 0 Å². The molecule has 0 spiro atoms. The minimum Gasteiger partial charge on any atom is -0.317 e. The van der Waals surface area contributed by atoms with Crippen LogP contribution in [0.5, 0.6) is 0 Å². The van der Waals surface area contributed by atoms with Crippen LogP contribution in [-0.4, -0.2) is 9.13 Å². The predicted molar refractivity (Wildman–Crippen MR) is 161 cm³/mol. The second-order valence-electron chi connectivity index (χ2n) is 9.85. The number of nitrogens with zero attached hydrogens (tertiary/aromatic N) is 2. The topological polar surface area (TPSA) is 9.86 Å². The lowest BCUT2D eigenvalue weighted by Crippen LogP contribution is -1.94. The molecule has 0 saturated heterocycles. The van der Waals surface area contributed by atoms with Gasteiger partial charge < -0.3 is 9.13 Å². The van der Waals surface area contributed by atoms with Crippen molar-refractivity contribution in [3.05, 3.63) is 146 Å². The van der Waals surface area contributed by atoms with Crippen molar-refractivity contribution in [2.24, 2.45) is 0 Å². The molecule has 0 aliphatic heterocycles. The molecule has 0 aliphatic rings. The van der Waals surface area contributed by atoms with Crippen molar-refractivity contribution in [3.63, 3.8) is 0 Å². The molecular weight excluding hydrogens is 460 g/mol. The SMILES string of the molecule is c1ccc(-n2ccc3cc(-c4cc5c6ccccc6n(-c6ccccc6)c5c5ccccc45)ccc32)cc1. The lowest BCUT2D eigenvalue weighted by molar-refractivity contribution is 1.13. The van der Waals surface area contributed by atoms with E-state index in [9.17, 15) is 0 Å². The molecule has 0 aliphatic carbocycles. The number of hydrogen-bond acceptors (Lipinski definition) is 0. The van der Waals surface area contributed by atoms with Crippen LogP contribution >= 0.6 is 0 Å². The van der Waals surface area contributed by atoms with Crippen molar-refractivity contribution in [1.29, 1.82) is 0 Å². The Bertz CT molecular complexity index is 2110. The second-order valence-corrected chi connectivity index (χ2v) is 9.85. The summed E-state index contributed by atoms with van der Waals surface area (Å²) in [5.74, 6) is 0. The van der Waals surface area contributed by atoms with Gasteiger partial charge in [-0.05, 0) is 71.1 Å². The summed E-state index contributed by atoms with van der Waals surface area (Å²) in [6.07, 6.45) is 2.17. The number of fused-ring (bicyclic) bond motifs is 6. The average Bonchev–Trinajstić information content (AvgIpc) is 3.57. The van der Waals surface area contributed by atoms with E-state index in [1.54, 1.807) is 0 Å². The van der Waals surface area contributed by atoms with E-state index < -0.39 is 0 Å². The lowest BCUT2D eigenvalue weighted by Gasteiger charge is -2.13. The van der Waals surface area contributed by atoms with Crippen LogP contribution in [0, 0.1) is 0 Å². The Balaban J connectivity index is 1.43. The molecule has 2 heteroatoms. The van der Waals surface area contributed by atoms with E-state index >= 15 is 0 Å². The number of benzene rings is 6. The van der Waals surface area contributed by atoms with Crippen molar-refractivity contribution in [2.45, 2.75) is 0 Å². The molecule has 2 nitrogen and oxygen atoms in total. The highest BCUT2D eigenvalue weighted by Crippen LogP contribution is 2.41. The van der Waals surface area contributed by atoms with Gasteiger partial charge in [-0.25, -0.2) is 0 Å². The molecule has 8 rings (SSSR count). The molecule has 0 N–H and O–H groups in total. The Labute approximate surface area is 220 Å². The highest BCUT2D eigenvalue weighted by atomic mass is 15.0. The van der Waals surface area contributed by atoms with Crippen LogP contribution in [0.1, 0.15) is 0 Å². The van der Waals surface area contributed by atoms with Crippen molar-refractivity contribution in [2.75, 3.05) is 0 Å². The Morgan fingerprint density at radius 2 is 1.08 bits per heavy atom. The molecule has 0 radical (unpaired) electrons. The fourth-order valence-corrected chi connectivity index (χ4v) is 6.03. The van der Waals surface area contributed by atoms with Gasteiger partial charge in [-0.2, -0.15) is 0 Å². The Hall–Kier alpha value is -5.08. The Kier molecular flexibility index (Phi) is 4.55. The minimum absolute atomic E-state index is 1.18. The lowest BCUT2D eigenvalue weighted by atomic mass is 9.94. The van der Waals surface area contributed by atoms with E-state index in [0.717, 1.165) is 0 Å². The Morgan fingerprint density at radius 3 is 1.87 bits per heavy atom. The van der Waals surface area contributed by atoms with Crippen LogP contribution in [0.2, 0.25) is 0 Å². The third kappa shape index (κ3) is 3.07. The maximum atomic E-state index is 2.42. The maximum Gasteiger partial charge on any atom is 0.0619 e. The van der Waals surface area contributed by atoms with E-state index in [2.05, 4.69) is 155 Å². The summed E-state index contributed by atoms with van der Waals surface area (Å²) in [5.41, 5.74) is 8.55. The van der Waals surface area contributed by atoms with E-state index in [4.69, 9.17) is 0 Å². The van der Waals surface area contributed by atoms with E-state index in [0.29, 0.717) is 0 Å². The molecule has 178 valence electrons. The van der Waals surface area contributed by atoms with Crippen molar-refractivity contribution < 1.29 is 0 Å². The second kappa shape index (κ2) is 8.22. The molecule has 2 heterocycles. The van der Waals surface area contributed by atoms with E-state index in [1.165, 1.54) is 66.0 Å². The largest absolute Gasteiger partial charge is 0.317 e. The number of rotatable bonds is 3. The van der Waals surface area contributed by atoms with Gasteiger partial charge in [-0.1, -0.05) is 84.9 Å². The van der Waals surface area contributed by atoms with Crippen molar-refractivity contribution >= 4 is 43.5 Å². The average molecular weight is 485 g/mol. The standard InChI is InChI=1S/C36H24N2/c1-3-11-27(12-4-1)37-22-21-26-23-25(19-20-34(26)37)32-24-33-30-16-9-10-18-35(30)38(28-13-5-2-6-14-28)36(33)31-17-8-7-15-29(31)32/h1-24H. The number of aromatic nitrogens is 2. The van der Waals surface area contributed by atoms with Gasteiger partial charge in [0.15, 0.2) is 0 Å². The molecular formula is C36H24N2. The number of hydrogen-bond donors (Lipinski definition) is 0. The molecule has 38 heavy (non-hydrogen) atoms. The zero-order valence-corrected chi connectivity index (χ0v) is 20.8. The molecule has 2 aromatic heterocycles. The summed E-state index contributed by atoms with van der Waals surface area (Å²) in [6, 6.07) is 50.3. The monoisotopic (exact) mass is 484 g/mol. The van der Waals surface area contributed by atoms with Crippen LogP contribution in [0.25, 0.3) is 66.0 Å². The molecule has 6 aromatic carbocycles. The van der Waals surface area contributed by atoms with Crippen LogP contribution in [0.15, 0.2) is 146 Å². The normalized spacial score (nSPS) is 11.7. The smallest absolute Gasteiger partial charge is 0.0619 e. The highest BCUT2D eigenvalue weighted by molar-refractivity contribution is 6.22. The fraction of sp³-hybridized carbons (Fsp3) is 0. The first kappa shape index (κ1) is 21.0. The molecule has 0 saturated carbocycles.